The predicted molar refractivity (Wildman–Crippen MR) is 84.5 cm³/mol. The van der Waals surface area contributed by atoms with Crippen LogP contribution in [0.1, 0.15) is 32.6 Å². The van der Waals surface area contributed by atoms with Crippen LogP contribution in [0.4, 0.5) is 5.69 Å². The van der Waals surface area contributed by atoms with E-state index in [0.29, 0.717) is 0 Å². The Labute approximate surface area is 129 Å². The minimum absolute atomic E-state index is 0.0487. The Balaban J connectivity index is 2.06. The average Bonchev–Trinajstić information content (AvgIpc) is 2.96. The van der Waals surface area contributed by atoms with E-state index in [1.165, 1.54) is 0 Å². The van der Waals surface area contributed by atoms with Gasteiger partial charge in [0.2, 0.25) is 5.91 Å². The van der Waals surface area contributed by atoms with Crippen LogP contribution in [0, 0.1) is 0 Å². The Morgan fingerprint density at radius 3 is 2.57 bits per heavy atom. The normalized spacial score (nSPS) is 24.5. The number of nitrogens with zero attached hydrogens (tertiary/aromatic N) is 1. The molecule has 21 heavy (non-hydrogen) atoms. The predicted octanol–water partition coefficient (Wildman–Crippen LogP) is 2.57. The quantitative estimate of drug-likeness (QED) is 0.854. The summed E-state index contributed by atoms with van der Waals surface area (Å²) in [7, 11) is 0. The molecule has 2 fully saturated rings. The lowest BCUT2D eigenvalue weighted by molar-refractivity contribution is -0.137. The number of para-hydroxylation sites is 1. The van der Waals surface area contributed by atoms with Crippen molar-refractivity contribution in [1.82, 2.24) is 5.32 Å². The molecule has 0 bridgehead atoms. The number of anilines is 1. The molecule has 4 nitrogen and oxygen atoms in total. The van der Waals surface area contributed by atoms with Gasteiger partial charge in [0.25, 0.3) is 5.91 Å². The topological polar surface area (TPSA) is 49.4 Å². The fraction of sp³-hybridized carbons (Fsp3) is 0.500. The maximum Gasteiger partial charge on any atom is 0.253 e. The number of carbonyl (C=O) groups excluding carboxylic acids is 2. The van der Waals surface area contributed by atoms with Crippen molar-refractivity contribution in [3.63, 3.8) is 0 Å². The van der Waals surface area contributed by atoms with Gasteiger partial charge >= 0.3 is 0 Å². The molecule has 1 aliphatic heterocycles. The van der Waals surface area contributed by atoms with Crippen LogP contribution in [-0.2, 0) is 9.59 Å². The van der Waals surface area contributed by atoms with Crippen LogP contribution in [0.2, 0.25) is 0 Å². The van der Waals surface area contributed by atoms with Crippen LogP contribution in [-0.4, -0.2) is 29.7 Å². The van der Waals surface area contributed by atoms with Gasteiger partial charge in [0, 0.05) is 4.90 Å². The first-order chi connectivity index (χ1) is 10.1. The Morgan fingerprint density at radius 2 is 1.90 bits per heavy atom. The summed E-state index contributed by atoms with van der Waals surface area (Å²) in [6, 6.07) is 7.34. The Bertz CT molecular complexity index is 581. The molecule has 1 spiro atoms. The summed E-state index contributed by atoms with van der Waals surface area (Å²) in [5.74, 6) is 0.000932. The third-order valence-corrected chi connectivity index (χ3v) is 5.34. The van der Waals surface area contributed by atoms with Gasteiger partial charge in [0.15, 0.2) is 0 Å². The molecule has 3 rings (SSSR count). The number of carbonyl (C=O) groups is 2. The van der Waals surface area contributed by atoms with Crippen molar-refractivity contribution in [2.75, 3.05) is 11.2 Å². The van der Waals surface area contributed by atoms with Gasteiger partial charge in [-0.25, -0.2) is 0 Å². The fourth-order valence-electron chi connectivity index (χ4n) is 3.38. The lowest BCUT2D eigenvalue weighted by atomic mass is 9.90. The van der Waals surface area contributed by atoms with E-state index in [4.69, 9.17) is 0 Å². The van der Waals surface area contributed by atoms with E-state index in [1.807, 2.05) is 30.5 Å². The standard InChI is InChI=1S/C16H20N2O2S/c1-11-14(19)17-16(9-5-6-10-16)15(20)18(11)12-7-3-4-8-13(12)21-2/h3-4,7-8,11H,5-6,9-10H2,1-2H3,(H,17,19). The third-order valence-electron chi connectivity index (χ3n) is 4.56. The second-order valence-electron chi connectivity index (χ2n) is 5.80. The van der Waals surface area contributed by atoms with Gasteiger partial charge < -0.3 is 5.32 Å². The van der Waals surface area contributed by atoms with Crippen molar-refractivity contribution in [2.24, 2.45) is 0 Å². The highest BCUT2D eigenvalue weighted by molar-refractivity contribution is 7.98. The molecule has 2 amide bonds. The monoisotopic (exact) mass is 304 g/mol. The van der Waals surface area contributed by atoms with Gasteiger partial charge in [-0.3, -0.25) is 14.5 Å². The van der Waals surface area contributed by atoms with E-state index >= 15 is 0 Å². The molecule has 0 aromatic heterocycles. The molecule has 1 saturated carbocycles. The smallest absolute Gasteiger partial charge is 0.253 e. The Hall–Kier alpha value is -1.49. The van der Waals surface area contributed by atoms with E-state index in [2.05, 4.69) is 5.32 Å². The zero-order valence-corrected chi connectivity index (χ0v) is 13.2. The highest BCUT2D eigenvalue weighted by Gasteiger charge is 2.51. The van der Waals surface area contributed by atoms with Crippen molar-refractivity contribution >= 4 is 29.3 Å². The molecule has 1 saturated heterocycles. The van der Waals surface area contributed by atoms with Crippen molar-refractivity contribution in [2.45, 2.75) is 49.1 Å². The van der Waals surface area contributed by atoms with Gasteiger partial charge in [0.05, 0.1) is 5.69 Å². The van der Waals surface area contributed by atoms with Crippen LogP contribution in [0.25, 0.3) is 0 Å². The lowest BCUT2D eigenvalue weighted by Gasteiger charge is -2.43. The second-order valence-corrected chi connectivity index (χ2v) is 6.65. The summed E-state index contributed by atoms with van der Waals surface area (Å²) < 4.78 is 0. The minimum atomic E-state index is -0.672. The van der Waals surface area contributed by atoms with Crippen LogP contribution < -0.4 is 10.2 Å². The first-order valence-corrected chi connectivity index (χ1v) is 8.60. The number of rotatable bonds is 2. The van der Waals surface area contributed by atoms with Crippen molar-refractivity contribution < 1.29 is 9.59 Å². The largest absolute Gasteiger partial charge is 0.340 e. The molecule has 2 aliphatic rings. The molecule has 1 heterocycles. The molecule has 1 aromatic rings. The summed E-state index contributed by atoms with van der Waals surface area (Å²) in [4.78, 5) is 28.2. The SMILES string of the molecule is CSc1ccccc1N1C(=O)C2(CCCC2)NC(=O)C1C. The molecule has 5 heteroatoms. The van der Waals surface area contributed by atoms with E-state index in [-0.39, 0.29) is 11.8 Å². The molecular weight excluding hydrogens is 284 g/mol. The summed E-state index contributed by atoms with van der Waals surface area (Å²) in [5.41, 5.74) is 0.179. The number of nitrogens with one attached hydrogen (secondary N) is 1. The third kappa shape index (κ3) is 2.24. The number of hydrogen-bond acceptors (Lipinski definition) is 3. The maximum absolute atomic E-state index is 13.1. The minimum Gasteiger partial charge on any atom is -0.340 e. The van der Waals surface area contributed by atoms with E-state index in [1.54, 1.807) is 23.6 Å². The zero-order chi connectivity index (χ0) is 15.0. The average molecular weight is 304 g/mol. The molecule has 1 aromatic carbocycles. The second kappa shape index (κ2) is 5.37. The molecule has 1 unspecified atom stereocenters. The van der Waals surface area contributed by atoms with Crippen LogP contribution in [0.3, 0.4) is 0 Å². The van der Waals surface area contributed by atoms with Crippen molar-refractivity contribution in [3.8, 4) is 0 Å². The van der Waals surface area contributed by atoms with E-state index < -0.39 is 11.6 Å². The summed E-state index contributed by atoms with van der Waals surface area (Å²) in [6.45, 7) is 1.80. The van der Waals surface area contributed by atoms with Crippen LogP contribution >= 0.6 is 11.8 Å². The molecular formula is C16H20N2O2S. The summed E-state index contributed by atoms with van der Waals surface area (Å²) in [5, 5.41) is 2.99. The van der Waals surface area contributed by atoms with Gasteiger partial charge in [0.1, 0.15) is 11.6 Å². The number of hydrogen-bond donors (Lipinski definition) is 1. The summed E-state index contributed by atoms with van der Waals surface area (Å²) in [6.07, 6.45) is 5.49. The highest BCUT2D eigenvalue weighted by atomic mass is 32.2. The Morgan fingerprint density at radius 1 is 1.24 bits per heavy atom. The molecule has 1 atom stereocenters. The van der Waals surface area contributed by atoms with E-state index in [0.717, 1.165) is 36.3 Å². The number of thioether (sulfide) groups is 1. The molecule has 112 valence electrons. The molecule has 0 radical (unpaired) electrons. The molecule has 1 N–H and O–H groups in total. The Kier molecular flexibility index (Phi) is 3.69. The first-order valence-electron chi connectivity index (χ1n) is 7.38. The van der Waals surface area contributed by atoms with Gasteiger partial charge in [-0.05, 0) is 38.2 Å². The van der Waals surface area contributed by atoms with Gasteiger partial charge in [-0.2, -0.15) is 0 Å². The summed E-state index contributed by atoms with van der Waals surface area (Å²) >= 11 is 1.60. The van der Waals surface area contributed by atoms with Gasteiger partial charge in [-0.15, -0.1) is 11.8 Å². The van der Waals surface area contributed by atoms with Gasteiger partial charge in [-0.1, -0.05) is 25.0 Å². The molecule has 1 aliphatic carbocycles. The zero-order valence-electron chi connectivity index (χ0n) is 12.4. The fourth-order valence-corrected chi connectivity index (χ4v) is 3.97. The highest BCUT2D eigenvalue weighted by Crippen LogP contribution is 2.39. The first kappa shape index (κ1) is 14.4. The number of amides is 2. The van der Waals surface area contributed by atoms with Crippen molar-refractivity contribution in [3.05, 3.63) is 24.3 Å². The number of piperazine rings is 1. The lowest BCUT2D eigenvalue weighted by Crippen LogP contribution is -2.69. The van der Waals surface area contributed by atoms with E-state index in [9.17, 15) is 9.59 Å². The van der Waals surface area contributed by atoms with Crippen LogP contribution in [0.15, 0.2) is 29.2 Å². The maximum atomic E-state index is 13.1. The van der Waals surface area contributed by atoms with Crippen LogP contribution in [0.5, 0.6) is 0 Å². The number of benzene rings is 1. The van der Waals surface area contributed by atoms with Crippen molar-refractivity contribution in [1.29, 1.82) is 0 Å².